The highest BCUT2D eigenvalue weighted by Gasteiger charge is 2.24. The van der Waals surface area contributed by atoms with Gasteiger partial charge in [0.25, 0.3) is 0 Å². The maximum Gasteiger partial charge on any atom is 0.306 e. The number of amides is 1. The Kier molecular flexibility index (Phi) is 41.2. The number of hydrogen-bond donors (Lipinski definition) is 3. The van der Waals surface area contributed by atoms with Gasteiger partial charge >= 0.3 is 5.97 Å². The smallest absolute Gasteiger partial charge is 0.306 e. The van der Waals surface area contributed by atoms with Crippen LogP contribution in [0.5, 0.6) is 0 Å². The van der Waals surface area contributed by atoms with Crippen molar-refractivity contribution in [2.45, 2.75) is 244 Å². The lowest BCUT2D eigenvalue weighted by molar-refractivity contribution is -0.151. The van der Waals surface area contributed by atoms with E-state index in [0.29, 0.717) is 19.3 Å². The van der Waals surface area contributed by atoms with Crippen molar-refractivity contribution in [1.82, 2.24) is 5.32 Å². The molecule has 0 saturated heterocycles. The van der Waals surface area contributed by atoms with Crippen molar-refractivity contribution in [3.05, 3.63) is 48.6 Å². The monoisotopic (exact) mass is 772 g/mol. The van der Waals surface area contributed by atoms with E-state index in [2.05, 4.69) is 74.7 Å². The summed E-state index contributed by atoms with van der Waals surface area (Å²) < 4.78 is 5.89. The van der Waals surface area contributed by atoms with Crippen LogP contribution in [0.15, 0.2) is 48.6 Å². The number of carbonyl (C=O) groups excluding carboxylic acids is 2. The zero-order chi connectivity index (χ0) is 40.3. The van der Waals surface area contributed by atoms with Crippen LogP contribution in [-0.4, -0.2) is 46.9 Å². The SMILES string of the molecule is CC/C=C/C/C=C/C/C=C/CCCCCCCCC(=O)OC(CCCCC/C=C\CCCCC)CC(=O)NC(CO)C(O)CCCCCCCCCCCC. The molecule has 0 heterocycles. The lowest BCUT2D eigenvalue weighted by Gasteiger charge is -2.24. The molecular weight excluding hydrogens is 683 g/mol. The van der Waals surface area contributed by atoms with Crippen LogP contribution in [0.25, 0.3) is 0 Å². The van der Waals surface area contributed by atoms with E-state index in [1.54, 1.807) is 0 Å². The van der Waals surface area contributed by atoms with E-state index in [-0.39, 0.29) is 24.9 Å². The summed E-state index contributed by atoms with van der Waals surface area (Å²) in [6, 6.07) is -0.706. The molecule has 0 aromatic heterocycles. The van der Waals surface area contributed by atoms with E-state index in [4.69, 9.17) is 4.74 Å². The minimum atomic E-state index is -0.791. The van der Waals surface area contributed by atoms with Crippen molar-refractivity contribution in [2.75, 3.05) is 6.61 Å². The van der Waals surface area contributed by atoms with E-state index in [9.17, 15) is 19.8 Å². The first-order valence-electron chi connectivity index (χ1n) is 23.4. The summed E-state index contributed by atoms with van der Waals surface area (Å²) >= 11 is 0. The van der Waals surface area contributed by atoms with Gasteiger partial charge in [-0.15, -0.1) is 0 Å². The number of allylic oxidation sites excluding steroid dienone is 8. The number of ether oxygens (including phenoxy) is 1. The average molecular weight is 772 g/mol. The van der Waals surface area contributed by atoms with Gasteiger partial charge in [0.2, 0.25) is 5.91 Å². The molecule has 3 N–H and O–H groups in total. The van der Waals surface area contributed by atoms with Crippen molar-refractivity contribution >= 4 is 11.9 Å². The summed E-state index contributed by atoms with van der Waals surface area (Å²) in [5.74, 6) is -0.506. The number of aliphatic hydroxyl groups excluding tert-OH is 2. The van der Waals surface area contributed by atoms with Crippen LogP contribution < -0.4 is 5.32 Å². The molecule has 0 fully saturated rings. The van der Waals surface area contributed by atoms with Gasteiger partial charge in [0.15, 0.2) is 0 Å². The van der Waals surface area contributed by atoms with E-state index >= 15 is 0 Å². The minimum Gasteiger partial charge on any atom is -0.462 e. The molecule has 0 aliphatic rings. The Morgan fingerprint density at radius 3 is 1.56 bits per heavy atom. The molecule has 0 radical (unpaired) electrons. The van der Waals surface area contributed by atoms with Gasteiger partial charge in [0.05, 0.1) is 25.2 Å². The number of hydrogen-bond acceptors (Lipinski definition) is 5. The third kappa shape index (κ3) is 38.5. The fourth-order valence-electron chi connectivity index (χ4n) is 6.85. The maximum atomic E-state index is 13.1. The first kappa shape index (κ1) is 52.8. The Bertz CT molecular complexity index is 957. The zero-order valence-corrected chi connectivity index (χ0v) is 36.3. The predicted octanol–water partition coefficient (Wildman–Crippen LogP) is 13.5. The van der Waals surface area contributed by atoms with Gasteiger partial charge in [-0.25, -0.2) is 0 Å². The Labute approximate surface area is 340 Å². The normalized spacial score (nSPS) is 13.8. The van der Waals surface area contributed by atoms with Crippen molar-refractivity contribution in [3.63, 3.8) is 0 Å². The molecule has 6 nitrogen and oxygen atoms in total. The molecule has 320 valence electrons. The second-order valence-electron chi connectivity index (χ2n) is 15.8. The Morgan fingerprint density at radius 2 is 0.982 bits per heavy atom. The molecule has 0 saturated carbocycles. The van der Waals surface area contributed by atoms with Gasteiger partial charge in [-0.1, -0.05) is 179 Å². The fourth-order valence-corrected chi connectivity index (χ4v) is 6.85. The number of esters is 1. The molecule has 0 aliphatic heterocycles. The van der Waals surface area contributed by atoms with Gasteiger partial charge in [0, 0.05) is 6.42 Å². The zero-order valence-electron chi connectivity index (χ0n) is 36.3. The van der Waals surface area contributed by atoms with Crippen molar-refractivity contribution in [1.29, 1.82) is 0 Å². The molecule has 1 amide bonds. The summed E-state index contributed by atoms with van der Waals surface area (Å²) in [4.78, 5) is 26.0. The third-order valence-corrected chi connectivity index (χ3v) is 10.4. The summed E-state index contributed by atoms with van der Waals surface area (Å²) in [5, 5.41) is 23.6. The van der Waals surface area contributed by atoms with Gasteiger partial charge in [-0.2, -0.15) is 0 Å². The summed E-state index contributed by atoms with van der Waals surface area (Å²) in [7, 11) is 0. The van der Waals surface area contributed by atoms with E-state index < -0.39 is 18.2 Å². The fraction of sp³-hybridized carbons (Fsp3) is 0.796. The minimum absolute atomic E-state index is 0.0611. The lowest BCUT2D eigenvalue weighted by Crippen LogP contribution is -2.46. The average Bonchev–Trinajstić information content (AvgIpc) is 3.18. The molecule has 3 unspecified atom stereocenters. The maximum absolute atomic E-state index is 13.1. The Morgan fingerprint density at radius 1 is 0.545 bits per heavy atom. The topological polar surface area (TPSA) is 95.9 Å². The van der Waals surface area contributed by atoms with Crippen LogP contribution in [0.4, 0.5) is 0 Å². The number of rotatable bonds is 41. The second-order valence-corrected chi connectivity index (χ2v) is 15.8. The van der Waals surface area contributed by atoms with Crippen LogP contribution in [0, 0.1) is 0 Å². The molecule has 0 aromatic carbocycles. The molecule has 6 heteroatoms. The van der Waals surface area contributed by atoms with E-state index in [1.807, 2.05) is 0 Å². The van der Waals surface area contributed by atoms with Gasteiger partial charge in [-0.05, 0) is 83.5 Å². The molecule has 55 heavy (non-hydrogen) atoms. The highest BCUT2D eigenvalue weighted by molar-refractivity contribution is 5.77. The number of unbranched alkanes of at least 4 members (excludes halogenated alkanes) is 21. The van der Waals surface area contributed by atoms with Crippen LogP contribution in [0.3, 0.4) is 0 Å². The van der Waals surface area contributed by atoms with Crippen molar-refractivity contribution in [3.8, 4) is 0 Å². The van der Waals surface area contributed by atoms with Crippen molar-refractivity contribution in [2.24, 2.45) is 0 Å². The van der Waals surface area contributed by atoms with E-state index in [0.717, 1.165) is 96.3 Å². The highest BCUT2D eigenvalue weighted by atomic mass is 16.5. The van der Waals surface area contributed by atoms with E-state index in [1.165, 1.54) is 83.5 Å². The summed E-state index contributed by atoms with van der Waals surface area (Å²) in [5.41, 5.74) is 0. The molecule has 0 aliphatic carbocycles. The highest BCUT2D eigenvalue weighted by Crippen LogP contribution is 2.17. The number of carbonyl (C=O) groups is 2. The molecule has 0 aromatic rings. The summed E-state index contributed by atoms with van der Waals surface area (Å²) in [6.07, 6.45) is 50.3. The Hall–Kier alpha value is -2.18. The summed E-state index contributed by atoms with van der Waals surface area (Å²) in [6.45, 7) is 6.31. The lowest BCUT2D eigenvalue weighted by atomic mass is 10.0. The molecular formula is C49H89NO5. The molecule has 0 spiro atoms. The number of nitrogens with one attached hydrogen (secondary N) is 1. The predicted molar refractivity (Wildman–Crippen MR) is 236 cm³/mol. The largest absolute Gasteiger partial charge is 0.462 e. The van der Waals surface area contributed by atoms with Gasteiger partial charge in [-0.3, -0.25) is 9.59 Å². The van der Waals surface area contributed by atoms with Crippen molar-refractivity contribution < 1.29 is 24.5 Å². The quantitative estimate of drug-likeness (QED) is 0.0327. The van der Waals surface area contributed by atoms with Crippen LogP contribution in [-0.2, 0) is 14.3 Å². The first-order chi connectivity index (χ1) is 27.0. The second kappa shape index (κ2) is 43.0. The Balaban J connectivity index is 4.57. The van der Waals surface area contributed by atoms with Crippen LogP contribution in [0.1, 0.15) is 226 Å². The molecule has 3 atom stereocenters. The van der Waals surface area contributed by atoms with Crippen LogP contribution >= 0.6 is 0 Å². The van der Waals surface area contributed by atoms with Gasteiger partial charge in [0.1, 0.15) is 6.10 Å². The molecule has 0 bridgehead atoms. The number of aliphatic hydroxyl groups is 2. The first-order valence-corrected chi connectivity index (χ1v) is 23.4. The van der Waals surface area contributed by atoms with Gasteiger partial charge < -0.3 is 20.3 Å². The standard InChI is InChI=1S/C49H89NO5/c1-4-7-10-13-16-19-22-23-24-25-26-27-30-33-36-39-42-49(54)55-45(40-37-34-31-28-20-17-14-11-8-5-2)43-48(53)50-46(44-51)47(52)41-38-35-32-29-21-18-15-12-9-6-3/h7,10,16-17,19-20,23-24,45-47,51-52H,4-6,8-9,11-15,18,21-22,25-44H2,1-3H3,(H,50,53)/b10-7+,19-16+,20-17-,24-23+. The third-order valence-electron chi connectivity index (χ3n) is 10.4. The van der Waals surface area contributed by atoms with Crippen LogP contribution in [0.2, 0.25) is 0 Å². The molecule has 0 rings (SSSR count).